The molecule has 1 saturated heterocycles. The van der Waals surface area contributed by atoms with E-state index in [1.54, 1.807) is 23.5 Å². The molecule has 2 aromatic carbocycles. The summed E-state index contributed by atoms with van der Waals surface area (Å²) in [6.45, 7) is 3.88. The van der Waals surface area contributed by atoms with Crippen LogP contribution >= 0.6 is 11.3 Å². The number of benzene rings is 2. The molecule has 6 heteroatoms. The van der Waals surface area contributed by atoms with Crippen LogP contribution in [0.3, 0.4) is 0 Å². The summed E-state index contributed by atoms with van der Waals surface area (Å²) < 4.78 is 38.4. The molecule has 1 aliphatic rings. The summed E-state index contributed by atoms with van der Waals surface area (Å²) in [5, 5.41) is 10.2. The minimum atomic E-state index is -0.613. The number of aliphatic hydroxyl groups is 1. The van der Waals surface area contributed by atoms with Crippen molar-refractivity contribution in [1.29, 1.82) is 0 Å². The van der Waals surface area contributed by atoms with E-state index in [-0.39, 0.29) is 5.82 Å². The SMILES string of the molecule is CCOc1cc(C)c(Cc2ccc(-c3ccc(F)cc3)s2)cc1[C@H]1C[C@@H](O)C[C@@H](CF)O1. The number of alkyl halides is 1. The van der Waals surface area contributed by atoms with Gasteiger partial charge in [0.05, 0.1) is 24.9 Å². The Balaban J connectivity index is 1.62. The lowest BCUT2D eigenvalue weighted by Gasteiger charge is -2.33. The lowest BCUT2D eigenvalue weighted by Crippen LogP contribution is -2.32. The minimum absolute atomic E-state index is 0.242. The summed E-state index contributed by atoms with van der Waals surface area (Å²) in [5.74, 6) is 0.483. The summed E-state index contributed by atoms with van der Waals surface area (Å²) in [7, 11) is 0. The number of hydrogen-bond donors (Lipinski definition) is 1. The van der Waals surface area contributed by atoms with Crippen LogP contribution in [0.1, 0.15) is 47.4 Å². The van der Waals surface area contributed by atoms with E-state index in [1.807, 2.05) is 13.0 Å². The number of halogens is 2. The highest BCUT2D eigenvalue weighted by atomic mass is 32.1. The first-order valence-corrected chi connectivity index (χ1v) is 11.8. The average molecular weight is 459 g/mol. The van der Waals surface area contributed by atoms with Gasteiger partial charge in [-0.25, -0.2) is 8.78 Å². The maximum absolute atomic E-state index is 13.3. The van der Waals surface area contributed by atoms with Gasteiger partial charge in [0.15, 0.2) is 0 Å². The molecule has 3 atom stereocenters. The fraction of sp³-hybridized carbons (Fsp3) is 0.385. The molecule has 0 radical (unpaired) electrons. The topological polar surface area (TPSA) is 38.7 Å². The van der Waals surface area contributed by atoms with Gasteiger partial charge in [0, 0.05) is 34.6 Å². The lowest BCUT2D eigenvalue weighted by molar-refractivity contribution is -0.105. The van der Waals surface area contributed by atoms with E-state index in [2.05, 4.69) is 25.1 Å². The lowest BCUT2D eigenvalue weighted by atomic mass is 9.92. The molecule has 0 aliphatic carbocycles. The monoisotopic (exact) mass is 458 g/mol. The van der Waals surface area contributed by atoms with Crippen LogP contribution in [0.25, 0.3) is 10.4 Å². The number of rotatable bonds is 7. The third kappa shape index (κ3) is 5.20. The molecule has 0 saturated carbocycles. The molecule has 4 rings (SSSR count). The third-order valence-corrected chi connectivity index (χ3v) is 6.95. The van der Waals surface area contributed by atoms with Crippen LogP contribution in [0, 0.1) is 12.7 Å². The molecule has 0 amide bonds. The molecule has 1 fully saturated rings. The Kier molecular flexibility index (Phi) is 7.23. The van der Waals surface area contributed by atoms with Crippen LogP contribution in [0.5, 0.6) is 5.75 Å². The van der Waals surface area contributed by atoms with Gasteiger partial charge < -0.3 is 14.6 Å². The molecule has 0 bridgehead atoms. The Morgan fingerprint density at radius 1 is 1.12 bits per heavy atom. The van der Waals surface area contributed by atoms with E-state index >= 15 is 0 Å². The Morgan fingerprint density at radius 2 is 1.91 bits per heavy atom. The molecule has 32 heavy (non-hydrogen) atoms. The van der Waals surface area contributed by atoms with Crippen molar-refractivity contribution in [2.45, 2.75) is 51.4 Å². The molecular weight excluding hydrogens is 430 g/mol. The predicted molar refractivity (Wildman–Crippen MR) is 124 cm³/mol. The number of hydrogen-bond acceptors (Lipinski definition) is 4. The Morgan fingerprint density at radius 3 is 2.62 bits per heavy atom. The van der Waals surface area contributed by atoms with Crippen molar-refractivity contribution >= 4 is 11.3 Å². The summed E-state index contributed by atoms with van der Waals surface area (Å²) in [4.78, 5) is 2.28. The van der Waals surface area contributed by atoms with Crippen LogP contribution in [-0.2, 0) is 11.2 Å². The van der Waals surface area contributed by atoms with Crippen molar-refractivity contribution in [3.63, 3.8) is 0 Å². The zero-order chi connectivity index (χ0) is 22.7. The third-order valence-electron chi connectivity index (χ3n) is 5.82. The molecule has 1 N–H and O–H groups in total. The molecule has 1 aromatic heterocycles. The maximum atomic E-state index is 13.3. The van der Waals surface area contributed by atoms with Crippen LogP contribution in [-0.4, -0.2) is 30.6 Å². The second-order valence-corrected chi connectivity index (χ2v) is 9.39. The minimum Gasteiger partial charge on any atom is -0.493 e. The van der Waals surface area contributed by atoms with Gasteiger partial charge in [0.1, 0.15) is 18.2 Å². The second-order valence-electron chi connectivity index (χ2n) is 8.23. The summed E-state index contributed by atoms with van der Waals surface area (Å²) >= 11 is 1.68. The van der Waals surface area contributed by atoms with Gasteiger partial charge in [-0.3, -0.25) is 0 Å². The summed E-state index contributed by atoms with van der Waals surface area (Å²) in [6, 6.07) is 14.8. The number of aliphatic hydroxyl groups excluding tert-OH is 1. The molecule has 0 spiro atoms. The van der Waals surface area contributed by atoms with Gasteiger partial charge in [-0.05, 0) is 66.9 Å². The van der Waals surface area contributed by atoms with Gasteiger partial charge in [0.25, 0.3) is 0 Å². The fourth-order valence-electron chi connectivity index (χ4n) is 4.19. The molecule has 3 nitrogen and oxygen atoms in total. The van der Waals surface area contributed by atoms with Crippen LogP contribution in [0.4, 0.5) is 8.78 Å². The highest BCUT2D eigenvalue weighted by molar-refractivity contribution is 7.15. The smallest absolute Gasteiger partial charge is 0.125 e. The fourth-order valence-corrected chi connectivity index (χ4v) is 5.22. The van der Waals surface area contributed by atoms with Crippen molar-refractivity contribution in [1.82, 2.24) is 0 Å². The normalized spacial score (nSPS) is 21.0. The number of ether oxygens (including phenoxy) is 2. The van der Waals surface area contributed by atoms with E-state index in [9.17, 15) is 13.9 Å². The largest absolute Gasteiger partial charge is 0.493 e. The van der Waals surface area contributed by atoms with Crippen LogP contribution in [0.2, 0.25) is 0 Å². The summed E-state index contributed by atoms with van der Waals surface area (Å²) in [6.07, 6.45) is -0.121. The maximum Gasteiger partial charge on any atom is 0.125 e. The predicted octanol–water partition coefficient (Wildman–Crippen LogP) is 6.40. The van der Waals surface area contributed by atoms with E-state index in [1.165, 1.54) is 17.0 Å². The second kappa shape index (κ2) is 10.1. The average Bonchev–Trinajstić information content (AvgIpc) is 3.24. The Bertz CT molecular complexity index is 1050. The highest BCUT2D eigenvalue weighted by Crippen LogP contribution is 2.39. The zero-order valence-electron chi connectivity index (χ0n) is 18.3. The van der Waals surface area contributed by atoms with Crippen molar-refractivity contribution < 1.29 is 23.4 Å². The van der Waals surface area contributed by atoms with E-state index in [0.717, 1.165) is 39.3 Å². The molecule has 0 unspecified atom stereocenters. The molecular formula is C26H28F2O3S. The summed E-state index contributed by atoms with van der Waals surface area (Å²) in [5.41, 5.74) is 4.09. The van der Waals surface area contributed by atoms with Crippen LogP contribution in [0.15, 0.2) is 48.5 Å². The molecule has 3 aromatic rings. The van der Waals surface area contributed by atoms with E-state index in [4.69, 9.17) is 9.47 Å². The highest BCUT2D eigenvalue weighted by Gasteiger charge is 2.31. The first-order chi connectivity index (χ1) is 15.5. The first kappa shape index (κ1) is 22.9. The number of aryl methyl sites for hydroxylation is 1. The van der Waals surface area contributed by atoms with Crippen molar-refractivity contribution in [3.05, 3.63) is 75.9 Å². The van der Waals surface area contributed by atoms with Gasteiger partial charge >= 0.3 is 0 Å². The van der Waals surface area contributed by atoms with Gasteiger partial charge in [-0.2, -0.15) is 0 Å². The van der Waals surface area contributed by atoms with E-state index in [0.29, 0.717) is 19.4 Å². The molecule has 1 aliphatic heterocycles. The van der Waals surface area contributed by atoms with Crippen molar-refractivity contribution in [3.8, 4) is 16.2 Å². The van der Waals surface area contributed by atoms with E-state index < -0.39 is 25.0 Å². The van der Waals surface area contributed by atoms with Crippen molar-refractivity contribution in [2.24, 2.45) is 0 Å². The first-order valence-electron chi connectivity index (χ1n) is 11.0. The molecule has 2 heterocycles. The van der Waals surface area contributed by atoms with Gasteiger partial charge in [-0.15, -0.1) is 11.3 Å². The Hall–Kier alpha value is -2.28. The zero-order valence-corrected chi connectivity index (χ0v) is 19.1. The quantitative estimate of drug-likeness (QED) is 0.445. The van der Waals surface area contributed by atoms with Crippen LogP contribution < -0.4 is 4.74 Å². The van der Waals surface area contributed by atoms with Gasteiger partial charge in [-0.1, -0.05) is 12.1 Å². The standard InChI is InChI=1S/C26H28F2O3S/c1-3-30-24-10-16(2)18(12-23(24)25-14-20(29)13-21(15-27)31-25)11-22-8-9-26(32-22)17-4-6-19(28)7-5-17/h4-10,12,20-21,25,29H,3,11,13-15H2,1-2H3/t20-,21-,25+/m0/s1. The Labute approximate surface area is 191 Å². The number of thiophene rings is 1. The van der Waals surface area contributed by atoms with Gasteiger partial charge in [0.2, 0.25) is 0 Å². The van der Waals surface area contributed by atoms with Crippen molar-refractivity contribution in [2.75, 3.05) is 13.3 Å². The molecule has 170 valence electrons.